The first-order valence-electron chi connectivity index (χ1n) is 11.7. The van der Waals surface area contributed by atoms with E-state index in [-0.39, 0.29) is 29.9 Å². The minimum absolute atomic E-state index is 0.116. The summed E-state index contributed by atoms with van der Waals surface area (Å²) in [6.45, 7) is 3.27. The maximum absolute atomic E-state index is 12.3. The van der Waals surface area contributed by atoms with Gasteiger partial charge in [-0.2, -0.15) is 4.98 Å². The molecule has 0 aliphatic carbocycles. The molecule has 1 aliphatic heterocycles. The lowest BCUT2D eigenvalue weighted by molar-refractivity contribution is -0.147. The highest BCUT2D eigenvalue weighted by molar-refractivity contribution is 8.00. The van der Waals surface area contributed by atoms with Crippen LogP contribution in [-0.2, 0) is 25.5 Å². The summed E-state index contributed by atoms with van der Waals surface area (Å²) in [5, 5.41) is 0. The lowest BCUT2D eigenvalue weighted by atomic mass is 10.1. The number of carbonyl (C=O) groups excluding carboxylic acids is 2. The SMILES string of the molecule is CCOC(=O)N(CCCCCC(=O)OCC1OC(n2ccc(N)nc2=O)CS1)Cc1ccccc1. The number of thioether (sulfide) groups is 1. The molecule has 2 N–H and O–H groups in total. The van der Waals surface area contributed by atoms with Gasteiger partial charge in [-0.3, -0.25) is 9.36 Å². The molecule has 2 atom stereocenters. The number of carbonyl (C=O) groups is 2. The highest BCUT2D eigenvalue weighted by Crippen LogP contribution is 2.31. The van der Waals surface area contributed by atoms with Crippen LogP contribution in [-0.4, -0.2) is 57.5 Å². The minimum Gasteiger partial charge on any atom is -0.462 e. The van der Waals surface area contributed by atoms with Crippen molar-refractivity contribution in [3.8, 4) is 0 Å². The van der Waals surface area contributed by atoms with Gasteiger partial charge in [-0.15, -0.1) is 11.8 Å². The lowest BCUT2D eigenvalue weighted by Crippen LogP contribution is -2.32. The smallest absolute Gasteiger partial charge is 0.410 e. The van der Waals surface area contributed by atoms with E-state index >= 15 is 0 Å². The molecule has 1 amide bonds. The van der Waals surface area contributed by atoms with Gasteiger partial charge in [0.05, 0.1) is 6.61 Å². The van der Waals surface area contributed by atoms with E-state index in [9.17, 15) is 14.4 Å². The molecule has 1 saturated heterocycles. The van der Waals surface area contributed by atoms with Crippen LogP contribution in [0.15, 0.2) is 47.4 Å². The number of anilines is 1. The van der Waals surface area contributed by atoms with Gasteiger partial charge in [0.15, 0.2) is 0 Å². The van der Waals surface area contributed by atoms with Gasteiger partial charge in [0.2, 0.25) is 0 Å². The molecule has 11 heteroatoms. The van der Waals surface area contributed by atoms with E-state index in [4.69, 9.17) is 19.9 Å². The van der Waals surface area contributed by atoms with Crippen LogP contribution >= 0.6 is 11.8 Å². The first kappa shape index (κ1) is 26.6. The predicted molar refractivity (Wildman–Crippen MR) is 133 cm³/mol. The molecule has 0 radical (unpaired) electrons. The second-order valence-corrected chi connectivity index (χ2v) is 9.19. The van der Waals surface area contributed by atoms with Crippen LogP contribution in [0.3, 0.4) is 0 Å². The number of hydrogen-bond acceptors (Lipinski definition) is 9. The van der Waals surface area contributed by atoms with E-state index < -0.39 is 11.9 Å². The number of amides is 1. The lowest BCUT2D eigenvalue weighted by Gasteiger charge is -2.22. The van der Waals surface area contributed by atoms with Gasteiger partial charge in [-0.1, -0.05) is 36.8 Å². The Morgan fingerprint density at radius 3 is 2.74 bits per heavy atom. The fraction of sp³-hybridized carbons (Fsp3) is 0.500. The van der Waals surface area contributed by atoms with E-state index in [2.05, 4.69) is 4.98 Å². The Morgan fingerprint density at radius 1 is 1.20 bits per heavy atom. The predicted octanol–water partition coefficient (Wildman–Crippen LogP) is 3.18. The molecule has 190 valence electrons. The third-order valence-electron chi connectivity index (χ3n) is 5.33. The van der Waals surface area contributed by atoms with Crippen LogP contribution in [0.2, 0.25) is 0 Å². The Balaban J connectivity index is 1.32. The topological polar surface area (TPSA) is 126 Å². The molecule has 2 heterocycles. The summed E-state index contributed by atoms with van der Waals surface area (Å²) < 4.78 is 17.7. The summed E-state index contributed by atoms with van der Waals surface area (Å²) in [7, 11) is 0. The summed E-state index contributed by atoms with van der Waals surface area (Å²) in [5.41, 5.74) is 5.74. The molecule has 0 bridgehead atoms. The molecule has 1 aromatic carbocycles. The number of nitrogens with two attached hydrogens (primary N) is 1. The molecule has 2 aromatic rings. The van der Waals surface area contributed by atoms with Crippen molar-refractivity contribution in [2.75, 3.05) is 31.2 Å². The fourth-order valence-corrected chi connectivity index (χ4v) is 4.55. The Kier molecular flexibility index (Phi) is 10.4. The van der Waals surface area contributed by atoms with Gasteiger partial charge in [0.1, 0.15) is 24.1 Å². The summed E-state index contributed by atoms with van der Waals surface area (Å²) >= 11 is 1.48. The van der Waals surface area contributed by atoms with E-state index in [1.807, 2.05) is 30.3 Å². The number of unbranched alkanes of at least 4 members (excludes halogenated alkanes) is 2. The largest absolute Gasteiger partial charge is 0.462 e. The summed E-state index contributed by atoms with van der Waals surface area (Å²) in [4.78, 5) is 41.7. The highest BCUT2D eigenvalue weighted by Gasteiger charge is 2.29. The molecule has 1 fully saturated rings. The number of benzene rings is 1. The third kappa shape index (κ3) is 8.59. The van der Waals surface area contributed by atoms with Gasteiger partial charge in [0.25, 0.3) is 0 Å². The minimum atomic E-state index is -0.474. The van der Waals surface area contributed by atoms with Gasteiger partial charge >= 0.3 is 17.8 Å². The van der Waals surface area contributed by atoms with Gasteiger partial charge in [-0.25, -0.2) is 9.59 Å². The zero-order valence-electron chi connectivity index (χ0n) is 19.8. The number of nitrogen functional groups attached to an aromatic ring is 1. The molecular weight excluding hydrogens is 472 g/mol. The van der Waals surface area contributed by atoms with Crippen LogP contribution in [0, 0.1) is 0 Å². The molecule has 1 aromatic heterocycles. The zero-order chi connectivity index (χ0) is 25.0. The van der Waals surface area contributed by atoms with Crippen molar-refractivity contribution >= 4 is 29.6 Å². The van der Waals surface area contributed by atoms with Crippen molar-refractivity contribution in [2.45, 2.75) is 50.8 Å². The number of nitrogens with zero attached hydrogens (tertiary/aromatic N) is 3. The van der Waals surface area contributed by atoms with Crippen LogP contribution in [0.5, 0.6) is 0 Å². The van der Waals surface area contributed by atoms with Crippen molar-refractivity contribution in [3.63, 3.8) is 0 Å². The average Bonchev–Trinajstić information content (AvgIpc) is 3.31. The monoisotopic (exact) mass is 504 g/mol. The molecule has 3 rings (SSSR count). The Labute approximate surface area is 208 Å². The van der Waals surface area contributed by atoms with Crippen molar-refractivity contribution in [2.24, 2.45) is 0 Å². The number of esters is 1. The second-order valence-electron chi connectivity index (χ2n) is 8.00. The fourth-order valence-electron chi connectivity index (χ4n) is 3.56. The van der Waals surface area contributed by atoms with Crippen molar-refractivity contribution < 1.29 is 23.8 Å². The van der Waals surface area contributed by atoms with Crippen LogP contribution in [0.1, 0.15) is 44.4 Å². The molecule has 2 unspecified atom stereocenters. The Bertz CT molecular complexity index is 1020. The van der Waals surface area contributed by atoms with Gasteiger partial charge in [0, 0.05) is 31.5 Å². The van der Waals surface area contributed by atoms with E-state index in [1.165, 1.54) is 22.4 Å². The zero-order valence-corrected chi connectivity index (χ0v) is 20.7. The summed E-state index contributed by atoms with van der Waals surface area (Å²) in [5.74, 6) is 0.413. The third-order valence-corrected chi connectivity index (χ3v) is 6.42. The van der Waals surface area contributed by atoms with Gasteiger partial charge < -0.3 is 24.8 Å². The van der Waals surface area contributed by atoms with E-state index in [0.29, 0.717) is 38.3 Å². The number of ether oxygens (including phenoxy) is 3. The number of rotatable bonds is 12. The van der Waals surface area contributed by atoms with Crippen LogP contribution in [0.25, 0.3) is 0 Å². The molecule has 35 heavy (non-hydrogen) atoms. The quantitative estimate of drug-likeness (QED) is 0.342. The standard InChI is InChI=1S/C24H32N4O6S/c1-2-32-24(31)27(15-18-9-5-3-6-10-18)13-8-4-7-11-21(29)33-16-22-34-20(17-35-22)28-14-12-19(25)26-23(28)30/h3,5-6,9-10,12,14,20,22H,2,4,7-8,11,13,15-17H2,1H3,(H2,25,26,30). The summed E-state index contributed by atoms with van der Waals surface area (Å²) in [6.07, 6.45) is 3.24. The maximum atomic E-state index is 12.3. The molecule has 10 nitrogen and oxygen atoms in total. The van der Waals surface area contributed by atoms with Crippen LogP contribution < -0.4 is 11.4 Å². The van der Waals surface area contributed by atoms with Crippen molar-refractivity contribution in [1.29, 1.82) is 0 Å². The van der Waals surface area contributed by atoms with Crippen molar-refractivity contribution in [3.05, 3.63) is 58.6 Å². The first-order chi connectivity index (χ1) is 17.0. The first-order valence-corrected chi connectivity index (χ1v) is 12.7. The summed E-state index contributed by atoms with van der Waals surface area (Å²) in [6, 6.07) is 11.3. The van der Waals surface area contributed by atoms with E-state index in [0.717, 1.165) is 18.4 Å². The molecule has 0 saturated carbocycles. The molecule has 0 spiro atoms. The molecule has 1 aliphatic rings. The van der Waals surface area contributed by atoms with Gasteiger partial charge in [-0.05, 0) is 31.4 Å². The average molecular weight is 505 g/mol. The van der Waals surface area contributed by atoms with Crippen molar-refractivity contribution in [1.82, 2.24) is 14.5 Å². The second kappa shape index (κ2) is 13.7. The highest BCUT2D eigenvalue weighted by atomic mass is 32.2. The van der Waals surface area contributed by atoms with E-state index in [1.54, 1.807) is 18.0 Å². The number of aromatic nitrogens is 2. The molecular formula is C24H32N4O6S. The normalized spacial score (nSPS) is 17.2. The Morgan fingerprint density at radius 2 is 2.00 bits per heavy atom. The van der Waals surface area contributed by atoms with Crippen LogP contribution in [0.4, 0.5) is 10.6 Å². The Hall–Kier alpha value is -3.05. The number of hydrogen-bond donors (Lipinski definition) is 1. The maximum Gasteiger partial charge on any atom is 0.410 e.